The number of aliphatic hydroxyl groups is 1. The van der Waals surface area contributed by atoms with Crippen molar-refractivity contribution in [3.8, 4) is 0 Å². The van der Waals surface area contributed by atoms with Gasteiger partial charge in [0, 0.05) is 13.7 Å². The maximum absolute atomic E-state index is 11.9. The Morgan fingerprint density at radius 2 is 1.94 bits per heavy atom. The van der Waals surface area contributed by atoms with Crippen LogP contribution in [0.4, 0.5) is 5.69 Å². The van der Waals surface area contributed by atoms with E-state index in [0.29, 0.717) is 5.69 Å². The van der Waals surface area contributed by atoms with Crippen LogP contribution in [-0.2, 0) is 10.0 Å². The summed E-state index contributed by atoms with van der Waals surface area (Å²) in [5.74, 6) is -0.0344. The topological polar surface area (TPSA) is 57.6 Å². The van der Waals surface area contributed by atoms with Crippen LogP contribution in [-0.4, -0.2) is 32.9 Å². The van der Waals surface area contributed by atoms with Gasteiger partial charge in [0.1, 0.15) is 0 Å². The van der Waals surface area contributed by atoms with Gasteiger partial charge in [-0.1, -0.05) is 17.7 Å². The van der Waals surface area contributed by atoms with Crippen LogP contribution in [0.15, 0.2) is 18.2 Å². The van der Waals surface area contributed by atoms with Crippen LogP contribution < -0.4 is 4.31 Å². The molecule has 5 heteroatoms. The fourth-order valence-electron chi connectivity index (χ4n) is 1.69. The largest absolute Gasteiger partial charge is 0.396 e. The van der Waals surface area contributed by atoms with E-state index in [-0.39, 0.29) is 18.8 Å². The minimum atomic E-state index is -3.34. The lowest BCUT2D eigenvalue weighted by Crippen LogP contribution is -2.30. The summed E-state index contributed by atoms with van der Waals surface area (Å²) in [6.07, 6.45) is 0.261. The molecule has 0 fully saturated rings. The average Bonchev–Trinajstić information content (AvgIpc) is 2.25. The van der Waals surface area contributed by atoms with E-state index >= 15 is 0 Å². The third kappa shape index (κ3) is 3.44. The molecule has 4 nitrogen and oxygen atoms in total. The second-order valence-electron chi connectivity index (χ2n) is 4.15. The fourth-order valence-corrected chi connectivity index (χ4v) is 2.96. The molecule has 0 saturated heterocycles. The number of aryl methyl sites for hydroxylation is 2. The van der Waals surface area contributed by atoms with E-state index in [1.54, 1.807) is 13.1 Å². The third-order valence-electron chi connectivity index (χ3n) is 2.67. The molecular weight excluding hydrogens is 238 g/mol. The molecule has 1 rings (SSSR count). The first-order chi connectivity index (χ1) is 7.88. The predicted molar refractivity (Wildman–Crippen MR) is 69.8 cm³/mol. The van der Waals surface area contributed by atoms with Gasteiger partial charge < -0.3 is 5.11 Å². The number of hydrogen-bond donors (Lipinski definition) is 1. The van der Waals surface area contributed by atoms with Gasteiger partial charge >= 0.3 is 0 Å². The molecule has 0 aliphatic carbocycles. The van der Waals surface area contributed by atoms with Gasteiger partial charge in [-0.15, -0.1) is 0 Å². The molecule has 0 aliphatic rings. The van der Waals surface area contributed by atoms with Gasteiger partial charge in [0.15, 0.2) is 0 Å². The van der Waals surface area contributed by atoms with Crippen LogP contribution in [0, 0.1) is 13.8 Å². The average molecular weight is 257 g/mol. The summed E-state index contributed by atoms with van der Waals surface area (Å²) in [6.45, 7) is 3.75. The van der Waals surface area contributed by atoms with Crippen LogP contribution in [0.3, 0.4) is 0 Å². The highest BCUT2D eigenvalue weighted by Crippen LogP contribution is 2.22. The predicted octanol–water partition coefficient (Wildman–Crippen LogP) is 1.45. The molecule has 1 aromatic carbocycles. The van der Waals surface area contributed by atoms with E-state index in [4.69, 9.17) is 5.11 Å². The molecule has 0 unspecified atom stereocenters. The standard InChI is InChI=1S/C12H19NO3S/c1-10-5-6-12(11(2)9-10)13(3)17(15,16)8-4-7-14/h5-6,9,14H,4,7-8H2,1-3H3. The Morgan fingerprint density at radius 3 is 2.47 bits per heavy atom. The molecule has 0 aliphatic heterocycles. The van der Waals surface area contributed by atoms with Crippen molar-refractivity contribution in [1.29, 1.82) is 0 Å². The van der Waals surface area contributed by atoms with E-state index in [9.17, 15) is 8.42 Å². The van der Waals surface area contributed by atoms with Crippen molar-refractivity contribution in [3.05, 3.63) is 29.3 Å². The van der Waals surface area contributed by atoms with Crippen LogP contribution >= 0.6 is 0 Å². The number of nitrogens with zero attached hydrogens (tertiary/aromatic N) is 1. The van der Waals surface area contributed by atoms with Crippen molar-refractivity contribution >= 4 is 15.7 Å². The molecule has 0 aromatic heterocycles. The fraction of sp³-hybridized carbons (Fsp3) is 0.500. The second kappa shape index (κ2) is 5.51. The summed E-state index contributed by atoms with van der Waals surface area (Å²) in [7, 11) is -1.79. The van der Waals surface area contributed by atoms with Crippen molar-refractivity contribution in [2.75, 3.05) is 23.7 Å². The summed E-state index contributed by atoms with van der Waals surface area (Å²) in [5.41, 5.74) is 2.72. The van der Waals surface area contributed by atoms with Crippen molar-refractivity contribution in [1.82, 2.24) is 0 Å². The monoisotopic (exact) mass is 257 g/mol. The van der Waals surface area contributed by atoms with Crippen LogP contribution in [0.25, 0.3) is 0 Å². The Kier molecular flexibility index (Phi) is 4.54. The summed E-state index contributed by atoms with van der Waals surface area (Å²) in [5, 5.41) is 8.69. The summed E-state index contributed by atoms with van der Waals surface area (Å²) in [4.78, 5) is 0. The minimum absolute atomic E-state index is 0.0344. The zero-order valence-electron chi connectivity index (χ0n) is 10.5. The van der Waals surface area contributed by atoms with Crippen LogP contribution in [0.5, 0.6) is 0 Å². The lowest BCUT2D eigenvalue weighted by atomic mass is 10.1. The van der Waals surface area contributed by atoms with E-state index in [1.165, 1.54) is 4.31 Å². The molecule has 96 valence electrons. The van der Waals surface area contributed by atoms with Gasteiger partial charge in [0.25, 0.3) is 0 Å². The van der Waals surface area contributed by atoms with Gasteiger partial charge in [-0.2, -0.15) is 0 Å². The zero-order chi connectivity index (χ0) is 13.1. The summed E-state index contributed by atoms with van der Waals surface area (Å²) >= 11 is 0. The summed E-state index contributed by atoms with van der Waals surface area (Å²) in [6, 6.07) is 5.65. The SMILES string of the molecule is Cc1ccc(N(C)S(=O)(=O)CCCO)c(C)c1. The van der Waals surface area contributed by atoms with Gasteiger partial charge in [0.05, 0.1) is 11.4 Å². The Labute approximate surface area is 103 Å². The lowest BCUT2D eigenvalue weighted by molar-refractivity contribution is 0.295. The molecular formula is C12H19NO3S. The zero-order valence-corrected chi connectivity index (χ0v) is 11.3. The van der Waals surface area contributed by atoms with E-state index < -0.39 is 10.0 Å². The molecule has 0 atom stereocenters. The Balaban J connectivity index is 2.99. The van der Waals surface area contributed by atoms with E-state index in [1.807, 2.05) is 26.0 Å². The first kappa shape index (κ1) is 14.0. The quantitative estimate of drug-likeness (QED) is 0.868. The number of aliphatic hydroxyl groups excluding tert-OH is 1. The lowest BCUT2D eigenvalue weighted by Gasteiger charge is -2.21. The van der Waals surface area contributed by atoms with Crippen molar-refractivity contribution in [2.45, 2.75) is 20.3 Å². The number of anilines is 1. The normalized spacial score (nSPS) is 11.5. The molecule has 17 heavy (non-hydrogen) atoms. The number of benzene rings is 1. The number of rotatable bonds is 5. The maximum Gasteiger partial charge on any atom is 0.234 e. The van der Waals surface area contributed by atoms with Gasteiger partial charge in [0.2, 0.25) is 10.0 Å². The molecule has 0 amide bonds. The second-order valence-corrected chi connectivity index (χ2v) is 6.27. The smallest absolute Gasteiger partial charge is 0.234 e. The highest BCUT2D eigenvalue weighted by atomic mass is 32.2. The molecule has 0 spiro atoms. The molecule has 0 bridgehead atoms. The van der Waals surface area contributed by atoms with Crippen molar-refractivity contribution in [2.24, 2.45) is 0 Å². The summed E-state index contributed by atoms with van der Waals surface area (Å²) < 4.78 is 25.2. The van der Waals surface area contributed by atoms with Gasteiger partial charge in [-0.3, -0.25) is 4.31 Å². The third-order valence-corrected chi connectivity index (χ3v) is 4.50. The number of hydrogen-bond acceptors (Lipinski definition) is 3. The van der Waals surface area contributed by atoms with Crippen molar-refractivity contribution in [3.63, 3.8) is 0 Å². The highest BCUT2D eigenvalue weighted by molar-refractivity contribution is 7.92. The molecule has 0 saturated carbocycles. The first-order valence-electron chi connectivity index (χ1n) is 5.53. The van der Waals surface area contributed by atoms with Gasteiger partial charge in [-0.05, 0) is 31.9 Å². The van der Waals surface area contributed by atoms with E-state index in [0.717, 1.165) is 11.1 Å². The molecule has 1 N–H and O–H groups in total. The highest BCUT2D eigenvalue weighted by Gasteiger charge is 2.19. The molecule has 1 aromatic rings. The van der Waals surface area contributed by atoms with E-state index in [2.05, 4.69) is 0 Å². The Hall–Kier alpha value is -1.07. The Morgan fingerprint density at radius 1 is 1.29 bits per heavy atom. The first-order valence-corrected chi connectivity index (χ1v) is 7.14. The minimum Gasteiger partial charge on any atom is -0.396 e. The maximum atomic E-state index is 11.9. The molecule has 0 radical (unpaired) electrons. The molecule has 0 heterocycles. The number of sulfonamides is 1. The van der Waals surface area contributed by atoms with Crippen LogP contribution in [0.2, 0.25) is 0 Å². The van der Waals surface area contributed by atoms with Crippen molar-refractivity contribution < 1.29 is 13.5 Å². The van der Waals surface area contributed by atoms with Gasteiger partial charge in [-0.25, -0.2) is 8.42 Å². The van der Waals surface area contributed by atoms with Crippen LogP contribution in [0.1, 0.15) is 17.5 Å². The Bertz CT molecular complexity index is 483.